The number of ether oxygens (including phenoxy) is 5. The predicted molar refractivity (Wildman–Crippen MR) is 191 cm³/mol. The van der Waals surface area contributed by atoms with Crippen molar-refractivity contribution in [2.45, 2.75) is 116 Å². The lowest BCUT2D eigenvalue weighted by Crippen LogP contribution is -2.71. The second kappa shape index (κ2) is 15.9. The average Bonchev–Trinajstić information content (AvgIpc) is 3.35. The van der Waals surface area contributed by atoms with E-state index in [0.717, 1.165) is 25.3 Å². The number of halogens is 2. The van der Waals surface area contributed by atoms with Crippen molar-refractivity contribution in [3.8, 4) is 11.5 Å². The van der Waals surface area contributed by atoms with E-state index in [2.05, 4.69) is 0 Å². The first-order valence-corrected chi connectivity index (χ1v) is 18.9. The van der Waals surface area contributed by atoms with E-state index in [-0.39, 0.29) is 54.9 Å². The van der Waals surface area contributed by atoms with Crippen molar-refractivity contribution in [3.05, 3.63) is 47.6 Å². The van der Waals surface area contributed by atoms with Crippen LogP contribution in [0, 0.1) is 28.6 Å². The minimum atomic E-state index is -2.41. The smallest absolute Gasteiger partial charge is 0.493 e. The Balaban J connectivity index is 1.40. The van der Waals surface area contributed by atoms with Crippen LogP contribution in [-0.4, -0.2) is 78.6 Å². The number of benzene rings is 1. The number of ketones is 2. The van der Waals surface area contributed by atoms with Crippen LogP contribution >= 0.6 is 0 Å². The van der Waals surface area contributed by atoms with Crippen LogP contribution in [0.5, 0.6) is 11.5 Å². The van der Waals surface area contributed by atoms with Gasteiger partial charge in [0.15, 0.2) is 35.2 Å². The molecule has 9 atom stereocenters. The zero-order valence-electron chi connectivity index (χ0n) is 31.9. The summed E-state index contributed by atoms with van der Waals surface area (Å²) in [5, 5.41) is 11.8. The number of alkyl halides is 2. The predicted octanol–water partition coefficient (Wildman–Crippen LogP) is 7.16. The molecular formula is C41H52F2O11. The van der Waals surface area contributed by atoms with E-state index >= 15 is 8.78 Å². The third kappa shape index (κ3) is 6.85. The highest BCUT2D eigenvalue weighted by molar-refractivity contribution is 6.01. The Labute approximate surface area is 314 Å². The van der Waals surface area contributed by atoms with Gasteiger partial charge in [0, 0.05) is 29.1 Å². The molecule has 0 bridgehead atoms. The molecule has 0 aromatic heterocycles. The van der Waals surface area contributed by atoms with Crippen molar-refractivity contribution in [1.29, 1.82) is 0 Å². The molecule has 9 unspecified atom stereocenters. The van der Waals surface area contributed by atoms with Crippen molar-refractivity contribution >= 4 is 29.7 Å². The van der Waals surface area contributed by atoms with E-state index in [1.54, 1.807) is 13.8 Å². The minimum Gasteiger partial charge on any atom is -0.493 e. The fraction of sp³-hybridized carbons (Fsp3) is 0.634. The zero-order chi connectivity index (χ0) is 39.6. The van der Waals surface area contributed by atoms with Gasteiger partial charge in [-0.05, 0) is 80.9 Å². The monoisotopic (exact) mass is 758 g/mol. The lowest BCUT2D eigenvalue weighted by Gasteiger charge is -2.63. The molecular weight excluding hydrogens is 706 g/mol. The number of Topliss-reactive ketones (excluding diaryl/α,β-unsaturated/α-hetero) is 1. The molecule has 0 heterocycles. The van der Waals surface area contributed by atoms with E-state index in [9.17, 15) is 29.1 Å². The molecule has 3 fully saturated rings. The average molecular weight is 759 g/mol. The molecule has 4 aliphatic rings. The van der Waals surface area contributed by atoms with Crippen LogP contribution in [0.4, 0.5) is 13.6 Å². The Hall–Kier alpha value is -4.13. The first kappa shape index (κ1) is 41.0. The molecule has 54 heavy (non-hydrogen) atoms. The summed E-state index contributed by atoms with van der Waals surface area (Å²) in [6, 6.07) is 4.05. The lowest BCUT2D eigenvalue weighted by atomic mass is 9.44. The fourth-order valence-corrected chi connectivity index (χ4v) is 9.77. The van der Waals surface area contributed by atoms with E-state index in [1.807, 2.05) is 13.8 Å². The van der Waals surface area contributed by atoms with E-state index < -0.39 is 88.4 Å². The molecule has 1 aromatic carbocycles. The number of allylic oxidation sites excluding steroid dienone is 4. The number of esters is 2. The number of carbonyl (C=O) groups excluding carboxylic acids is 5. The molecule has 296 valence electrons. The van der Waals surface area contributed by atoms with Crippen molar-refractivity contribution in [2.24, 2.45) is 28.6 Å². The van der Waals surface area contributed by atoms with Crippen molar-refractivity contribution in [2.75, 3.05) is 20.3 Å². The van der Waals surface area contributed by atoms with Crippen molar-refractivity contribution < 1.29 is 61.5 Å². The summed E-state index contributed by atoms with van der Waals surface area (Å²) in [5.74, 6) is -5.22. The summed E-state index contributed by atoms with van der Waals surface area (Å²) in [6.45, 7) is 8.08. The standard InChI is InChI=1S/C41H52F2O11/c1-7-9-11-17-51-36(48)25-13-14-31(32(19-25)50-6)53-37(49)52-23-34(46)41(54-35(47)12-10-8-2)24(3)18-27-28-21-30(42)29-20-26(44)15-16-38(29,4)40(28,43)33(45)22-39(27,41)5/h13-16,19-20,24,27-28,30,33,45H,7-12,17-18,21-23H2,1-6H3. The molecule has 5 rings (SSSR count). The van der Waals surface area contributed by atoms with Gasteiger partial charge in [-0.1, -0.05) is 53.0 Å². The highest BCUT2D eigenvalue weighted by Crippen LogP contribution is 2.71. The number of methoxy groups -OCH3 is 1. The number of hydrogen-bond donors (Lipinski definition) is 1. The molecule has 4 aliphatic carbocycles. The molecule has 1 aromatic rings. The second-order valence-electron chi connectivity index (χ2n) is 15.6. The largest absolute Gasteiger partial charge is 0.514 e. The van der Waals surface area contributed by atoms with Crippen molar-refractivity contribution in [3.63, 3.8) is 0 Å². The Kier molecular flexibility index (Phi) is 12.1. The van der Waals surface area contributed by atoms with Gasteiger partial charge in [-0.2, -0.15) is 0 Å². The third-order valence-corrected chi connectivity index (χ3v) is 12.5. The summed E-state index contributed by atoms with van der Waals surface area (Å²) in [6.07, 6.45) is 2.07. The number of hydrogen-bond acceptors (Lipinski definition) is 11. The summed E-state index contributed by atoms with van der Waals surface area (Å²) in [7, 11) is 1.31. The van der Waals surface area contributed by atoms with E-state index in [1.165, 1.54) is 44.4 Å². The first-order valence-electron chi connectivity index (χ1n) is 18.9. The zero-order valence-corrected chi connectivity index (χ0v) is 31.9. The quantitative estimate of drug-likeness (QED) is 0.0890. The van der Waals surface area contributed by atoms with E-state index in [4.69, 9.17) is 23.7 Å². The Morgan fingerprint density at radius 2 is 1.70 bits per heavy atom. The van der Waals surface area contributed by atoms with Gasteiger partial charge in [-0.25, -0.2) is 18.4 Å². The Bertz CT molecular complexity index is 1710. The molecule has 0 radical (unpaired) electrons. The van der Waals surface area contributed by atoms with Crippen LogP contribution in [0.1, 0.15) is 103 Å². The maximum absolute atomic E-state index is 17.8. The van der Waals surface area contributed by atoms with Crippen LogP contribution in [0.2, 0.25) is 0 Å². The van der Waals surface area contributed by atoms with Crippen molar-refractivity contribution in [1.82, 2.24) is 0 Å². The summed E-state index contributed by atoms with van der Waals surface area (Å²) >= 11 is 0. The number of rotatable bonds is 14. The van der Waals surface area contributed by atoms with Gasteiger partial charge in [0.1, 0.15) is 6.17 Å². The van der Waals surface area contributed by atoms with E-state index in [0.29, 0.717) is 12.8 Å². The molecule has 11 nitrogen and oxygen atoms in total. The van der Waals surface area contributed by atoms with Crippen LogP contribution in [-0.2, 0) is 28.6 Å². The van der Waals surface area contributed by atoms with Gasteiger partial charge in [-0.3, -0.25) is 14.4 Å². The molecule has 0 aliphatic heterocycles. The molecule has 0 saturated heterocycles. The van der Waals surface area contributed by atoms with Gasteiger partial charge in [0.2, 0.25) is 5.78 Å². The molecule has 0 spiro atoms. The number of unbranched alkanes of at least 4 members (excludes halogenated alkanes) is 3. The van der Waals surface area contributed by atoms with Gasteiger partial charge >= 0.3 is 18.1 Å². The van der Waals surface area contributed by atoms with Gasteiger partial charge in [0.25, 0.3) is 0 Å². The number of fused-ring (bicyclic) bond motifs is 5. The van der Waals surface area contributed by atoms with Crippen LogP contribution < -0.4 is 9.47 Å². The summed E-state index contributed by atoms with van der Waals surface area (Å²) in [4.78, 5) is 65.7. The van der Waals surface area contributed by atoms with Gasteiger partial charge in [-0.15, -0.1) is 0 Å². The Morgan fingerprint density at radius 3 is 2.39 bits per heavy atom. The number of aliphatic hydroxyl groups excluding tert-OH is 1. The molecule has 0 amide bonds. The third-order valence-electron chi connectivity index (χ3n) is 12.5. The lowest BCUT2D eigenvalue weighted by molar-refractivity contribution is -0.231. The fourth-order valence-electron chi connectivity index (χ4n) is 9.77. The molecule has 13 heteroatoms. The highest BCUT2D eigenvalue weighted by atomic mass is 19.1. The Morgan fingerprint density at radius 1 is 0.981 bits per heavy atom. The van der Waals surface area contributed by atoms with Gasteiger partial charge < -0.3 is 28.8 Å². The molecule has 3 saturated carbocycles. The summed E-state index contributed by atoms with van der Waals surface area (Å²) in [5.41, 5.74) is -7.30. The van der Waals surface area contributed by atoms with Gasteiger partial charge in [0.05, 0.1) is 25.4 Å². The highest BCUT2D eigenvalue weighted by Gasteiger charge is 2.78. The van der Waals surface area contributed by atoms with Crippen LogP contribution in [0.15, 0.2) is 42.0 Å². The number of carbonyl (C=O) groups is 5. The van der Waals surface area contributed by atoms with Crippen LogP contribution in [0.3, 0.4) is 0 Å². The molecule has 1 N–H and O–H groups in total. The summed E-state index contributed by atoms with van der Waals surface area (Å²) < 4.78 is 61.2. The maximum atomic E-state index is 17.8. The second-order valence-corrected chi connectivity index (χ2v) is 15.6. The SMILES string of the molecule is CCCCCOC(=O)c1ccc(OC(=O)OCC(=O)C2(OC(=O)CCCC)C(C)CC3C4CC(F)C5=CC(=O)C=CC5(C)C4(F)C(O)CC32C)c(OC)c1. The minimum absolute atomic E-state index is 0.0133. The maximum Gasteiger partial charge on any atom is 0.514 e. The number of aliphatic hydroxyl groups is 1. The topological polar surface area (TPSA) is 152 Å². The first-order chi connectivity index (χ1) is 25.5. The normalized spacial score (nSPS) is 33.8. The van der Waals surface area contributed by atoms with Crippen LogP contribution in [0.25, 0.3) is 0 Å².